The maximum absolute atomic E-state index is 12.1. The largest absolute Gasteiger partial charge is 0.490 e. The molecule has 1 amide bonds. The maximum Gasteiger partial charge on any atom is 0.262 e. The number of amides is 1. The number of nitrogens with one attached hydrogen (secondary N) is 1. The summed E-state index contributed by atoms with van der Waals surface area (Å²) in [6, 6.07) is 18.3. The second kappa shape index (κ2) is 9.53. The molecule has 0 bridgehead atoms. The van der Waals surface area contributed by atoms with E-state index >= 15 is 0 Å². The molecule has 0 spiro atoms. The quantitative estimate of drug-likeness (QED) is 0.459. The van der Waals surface area contributed by atoms with E-state index < -0.39 is 0 Å². The molecule has 8 heteroatoms. The molecule has 31 heavy (non-hydrogen) atoms. The van der Waals surface area contributed by atoms with Crippen molar-refractivity contribution in [1.82, 2.24) is 15.1 Å². The molecule has 0 unspecified atom stereocenters. The van der Waals surface area contributed by atoms with Gasteiger partial charge in [-0.2, -0.15) is 4.98 Å². The van der Waals surface area contributed by atoms with Crippen LogP contribution in [0, 0.1) is 0 Å². The van der Waals surface area contributed by atoms with Crippen LogP contribution in [0.2, 0.25) is 0 Å². The lowest BCUT2D eigenvalue weighted by Crippen LogP contribution is -2.20. The molecular weight excluding hydrogens is 396 g/mol. The van der Waals surface area contributed by atoms with Gasteiger partial charge in [-0.3, -0.25) is 9.78 Å². The molecule has 8 nitrogen and oxygen atoms in total. The first-order valence-electron chi connectivity index (χ1n) is 9.72. The SMILES string of the molecule is CCOc1cc(-c2noc(-c3ccccc3)n2)ccc1OCC(=O)Nc1cccnc1. The van der Waals surface area contributed by atoms with E-state index in [4.69, 9.17) is 14.0 Å². The highest BCUT2D eigenvalue weighted by atomic mass is 16.5. The summed E-state index contributed by atoms with van der Waals surface area (Å²) in [6.45, 7) is 2.13. The zero-order valence-corrected chi connectivity index (χ0v) is 16.8. The molecule has 4 aromatic rings. The number of carbonyl (C=O) groups is 1. The lowest BCUT2D eigenvalue weighted by Gasteiger charge is -2.12. The molecule has 0 aliphatic carbocycles. The number of benzene rings is 2. The van der Waals surface area contributed by atoms with Gasteiger partial charge in [-0.15, -0.1) is 0 Å². The number of ether oxygens (including phenoxy) is 2. The number of carbonyl (C=O) groups excluding carboxylic acids is 1. The van der Waals surface area contributed by atoms with Crippen LogP contribution in [0.3, 0.4) is 0 Å². The van der Waals surface area contributed by atoms with E-state index in [9.17, 15) is 4.79 Å². The minimum Gasteiger partial charge on any atom is -0.490 e. The summed E-state index contributed by atoms with van der Waals surface area (Å²) in [4.78, 5) is 20.6. The highest BCUT2D eigenvalue weighted by Gasteiger charge is 2.15. The first kappa shape index (κ1) is 20.1. The molecule has 2 aromatic carbocycles. The van der Waals surface area contributed by atoms with Crippen LogP contribution in [0.15, 0.2) is 77.6 Å². The third-order valence-corrected chi connectivity index (χ3v) is 4.25. The molecular formula is C23H20N4O4. The van der Waals surface area contributed by atoms with Gasteiger partial charge in [-0.25, -0.2) is 0 Å². The minimum absolute atomic E-state index is 0.172. The van der Waals surface area contributed by atoms with Gasteiger partial charge in [-0.05, 0) is 49.4 Å². The number of hydrogen-bond acceptors (Lipinski definition) is 7. The Balaban J connectivity index is 1.48. The van der Waals surface area contributed by atoms with Crippen LogP contribution in [0.5, 0.6) is 11.5 Å². The number of pyridine rings is 1. The molecule has 0 fully saturated rings. The Bertz CT molecular complexity index is 1150. The number of hydrogen-bond donors (Lipinski definition) is 1. The monoisotopic (exact) mass is 416 g/mol. The fourth-order valence-corrected chi connectivity index (χ4v) is 2.85. The Morgan fingerprint density at radius 3 is 2.65 bits per heavy atom. The van der Waals surface area contributed by atoms with Crippen LogP contribution < -0.4 is 14.8 Å². The van der Waals surface area contributed by atoms with Gasteiger partial charge in [0.25, 0.3) is 11.8 Å². The molecule has 0 saturated carbocycles. The first-order valence-corrected chi connectivity index (χ1v) is 9.72. The predicted molar refractivity (Wildman–Crippen MR) is 115 cm³/mol. The minimum atomic E-state index is -0.301. The van der Waals surface area contributed by atoms with Gasteiger partial charge in [-0.1, -0.05) is 23.4 Å². The third kappa shape index (κ3) is 5.05. The zero-order valence-electron chi connectivity index (χ0n) is 16.8. The number of rotatable bonds is 8. The van der Waals surface area contributed by atoms with Crippen molar-refractivity contribution in [2.75, 3.05) is 18.5 Å². The second-order valence-electron chi connectivity index (χ2n) is 6.46. The Kier molecular flexibility index (Phi) is 6.18. The first-order chi connectivity index (χ1) is 15.2. The summed E-state index contributed by atoms with van der Waals surface area (Å²) >= 11 is 0. The van der Waals surface area contributed by atoms with Crippen LogP contribution in [-0.4, -0.2) is 34.2 Å². The van der Waals surface area contributed by atoms with E-state index in [1.54, 1.807) is 42.7 Å². The Morgan fingerprint density at radius 2 is 1.87 bits per heavy atom. The van der Waals surface area contributed by atoms with E-state index in [-0.39, 0.29) is 12.5 Å². The lowest BCUT2D eigenvalue weighted by atomic mass is 10.2. The Hall–Kier alpha value is -4.20. The average Bonchev–Trinajstić information content (AvgIpc) is 3.30. The Labute approximate surface area is 178 Å². The third-order valence-electron chi connectivity index (χ3n) is 4.25. The molecule has 1 N–H and O–H groups in total. The van der Waals surface area contributed by atoms with Gasteiger partial charge in [0.05, 0.1) is 18.5 Å². The van der Waals surface area contributed by atoms with Crippen LogP contribution in [0.25, 0.3) is 22.8 Å². The highest BCUT2D eigenvalue weighted by molar-refractivity contribution is 5.91. The van der Waals surface area contributed by atoms with Crippen LogP contribution >= 0.6 is 0 Å². The van der Waals surface area contributed by atoms with Crippen LogP contribution in [0.4, 0.5) is 5.69 Å². The molecule has 156 valence electrons. The van der Waals surface area contributed by atoms with Gasteiger partial charge >= 0.3 is 0 Å². The van der Waals surface area contributed by atoms with Crippen LogP contribution in [-0.2, 0) is 4.79 Å². The van der Waals surface area contributed by atoms with Gasteiger partial charge < -0.3 is 19.3 Å². The Morgan fingerprint density at radius 1 is 1.00 bits per heavy atom. The van der Waals surface area contributed by atoms with Crippen molar-refractivity contribution in [1.29, 1.82) is 0 Å². The standard InChI is InChI=1S/C23H20N4O4/c1-2-29-20-13-17(22-26-23(31-27-22)16-7-4-3-5-8-16)10-11-19(20)30-15-21(28)25-18-9-6-12-24-14-18/h3-14H,2,15H2,1H3,(H,25,28). The van der Waals surface area contributed by atoms with E-state index in [0.717, 1.165) is 5.56 Å². The maximum atomic E-state index is 12.1. The number of nitrogens with zero attached hydrogens (tertiary/aromatic N) is 3. The number of aromatic nitrogens is 3. The summed E-state index contributed by atoms with van der Waals surface area (Å²) in [5, 5.41) is 6.78. The van der Waals surface area contributed by atoms with Crippen molar-refractivity contribution in [2.45, 2.75) is 6.92 Å². The molecule has 0 radical (unpaired) electrons. The summed E-state index contributed by atoms with van der Waals surface area (Å²) in [5.41, 5.74) is 2.15. The molecule has 4 rings (SSSR count). The topological polar surface area (TPSA) is 99.4 Å². The highest BCUT2D eigenvalue weighted by Crippen LogP contribution is 2.32. The van der Waals surface area contributed by atoms with Crippen molar-refractivity contribution in [3.8, 4) is 34.3 Å². The van der Waals surface area contributed by atoms with E-state index in [1.807, 2.05) is 37.3 Å². The van der Waals surface area contributed by atoms with E-state index in [2.05, 4.69) is 20.4 Å². The van der Waals surface area contributed by atoms with Crippen LogP contribution in [0.1, 0.15) is 6.92 Å². The van der Waals surface area contributed by atoms with E-state index in [1.165, 1.54) is 0 Å². The molecule has 0 aliphatic heterocycles. The molecule has 2 aromatic heterocycles. The summed E-state index contributed by atoms with van der Waals surface area (Å²) in [5.74, 6) is 1.49. The normalized spacial score (nSPS) is 10.5. The van der Waals surface area contributed by atoms with Gasteiger partial charge in [0.15, 0.2) is 18.1 Å². The fourth-order valence-electron chi connectivity index (χ4n) is 2.85. The molecule has 2 heterocycles. The van der Waals surface area contributed by atoms with Gasteiger partial charge in [0, 0.05) is 17.3 Å². The number of anilines is 1. The fraction of sp³-hybridized carbons (Fsp3) is 0.130. The second-order valence-corrected chi connectivity index (χ2v) is 6.46. The lowest BCUT2D eigenvalue weighted by molar-refractivity contribution is -0.118. The van der Waals surface area contributed by atoms with Crippen molar-refractivity contribution < 1.29 is 18.8 Å². The van der Waals surface area contributed by atoms with Crippen molar-refractivity contribution in [2.24, 2.45) is 0 Å². The molecule has 0 aliphatic rings. The smallest absolute Gasteiger partial charge is 0.262 e. The summed E-state index contributed by atoms with van der Waals surface area (Å²) in [7, 11) is 0. The summed E-state index contributed by atoms with van der Waals surface area (Å²) in [6.07, 6.45) is 3.20. The van der Waals surface area contributed by atoms with Crippen molar-refractivity contribution in [3.05, 3.63) is 73.1 Å². The zero-order chi connectivity index (χ0) is 21.5. The van der Waals surface area contributed by atoms with Crippen molar-refractivity contribution in [3.63, 3.8) is 0 Å². The van der Waals surface area contributed by atoms with Gasteiger partial charge in [0.2, 0.25) is 5.82 Å². The van der Waals surface area contributed by atoms with Crippen molar-refractivity contribution >= 4 is 11.6 Å². The molecule has 0 saturated heterocycles. The summed E-state index contributed by atoms with van der Waals surface area (Å²) < 4.78 is 16.7. The molecule has 0 atom stereocenters. The predicted octanol–water partition coefficient (Wildman–Crippen LogP) is 4.21. The average molecular weight is 416 g/mol. The van der Waals surface area contributed by atoms with Gasteiger partial charge in [0.1, 0.15) is 0 Å². The van der Waals surface area contributed by atoms with E-state index in [0.29, 0.717) is 41.1 Å².